The third kappa shape index (κ3) is 5.26. The number of amides is 2. The standard InChI is InChI=1S/C24H27N3O5/c1-15-19(12-17-11-18(30-4)7-8-20(17)26-15)24(29)25-13-16-6-9-21(22(10-16)31-5)32-14-23(28)27(2)3/h6-12H,13-14H2,1-5H3,(H,25,29). The number of ether oxygens (including phenoxy) is 3. The topological polar surface area (TPSA) is 90.0 Å². The van der Waals surface area contributed by atoms with Gasteiger partial charge in [-0.2, -0.15) is 0 Å². The number of benzene rings is 2. The second-order valence-corrected chi connectivity index (χ2v) is 7.42. The Hall–Kier alpha value is -3.81. The van der Waals surface area contributed by atoms with Crippen molar-refractivity contribution in [2.75, 3.05) is 34.9 Å². The van der Waals surface area contributed by atoms with Gasteiger partial charge in [-0.3, -0.25) is 14.6 Å². The van der Waals surface area contributed by atoms with E-state index in [9.17, 15) is 9.59 Å². The zero-order valence-corrected chi connectivity index (χ0v) is 18.9. The molecule has 0 radical (unpaired) electrons. The average Bonchev–Trinajstić information content (AvgIpc) is 2.80. The molecule has 0 spiro atoms. The highest BCUT2D eigenvalue weighted by atomic mass is 16.5. The van der Waals surface area contributed by atoms with E-state index < -0.39 is 0 Å². The lowest BCUT2D eigenvalue weighted by atomic mass is 10.1. The second kappa shape index (κ2) is 10.00. The Labute approximate surface area is 187 Å². The van der Waals surface area contributed by atoms with Crippen LogP contribution in [-0.2, 0) is 11.3 Å². The van der Waals surface area contributed by atoms with E-state index in [-0.39, 0.29) is 18.4 Å². The highest BCUT2D eigenvalue weighted by Crippen LogP contribution is 2.28. The van der Waals surface area contributed by atoms with Gasteiger partial charge in [0, 0.05) is 26.0 Å². The molecule has 2 amide bonds. The van der Waals surface area contributed by atoms with Crippen LogP contribution < -0.4 is 19.5 Å². The molecule has 3 rings (SSSR count). The summed E-state index contributed by atoms with van der Waals surface area (Å²) in [5, 5.41) is 3.75. The van der Waals surface area contributed by atoms with Gasteiger partial charge < -0.3 is 24.4 Å². The predicted molar refractivity (Wildman–Crippen MR) is 121 cm³/mol. The summed E-state index contributed by atoms with van der Waals surface area (Å²) in [4.78, 5) is 30.5. The first-order chi connectivity index (χ1) is 15.3. The van der Waals surface area contributed by atoms with Crippen molar-refractivity contribution >= 4 is 22.7 Å². The number of fused-ring (bicyclic) bond motifs is 1. The van der Waals surface area contributed by atoms with Crippen LogP contribution in [0, 0.1) is 6.92 Å². The monoisotopic (exact) mass is 437 g/mol. The van der Waals surface area contributed by atoms with E-state index in [0.717, 1.165) is 16.5 Å². The molecule has 0 unspecified atom stereocenters. The van der Waals surface area contributed by atoms with Gasteiger partial charge in [0.05, 0.1) is 31.0 Å². The Kier molecular flexibility index (Phi) is 7.14. The van der Waals surface area contributed by atoms with Crippen LogP contribution in [0.5, 0.6) is 17.2 Å². The maximum atomic E-state index is 12.8. The smallest absolute Gasteiger partial charge is 0.259 e. The van der Waals surface area contributed by atoms with E-state index in [1.54, 1.807) is 33.3 Å². The molecule has 1 heterocycles. The quantitative estimate of drug-likeness (QED) is 0.583. The van der Waals surface area contributed by atoms with Gasteiger partial charge in [-0.15, -0.1) is 0 Å². The van der Waals surface area contributed by atoms with Crippen LogP contribution >= 0.6 is 0 Å². The number of rotatable bonds is 8. The first-order valence-electron chi connectivity index (χ1n) is 10.1. The second-order valence-electron chi connectivity index (χ2n) is 7.42. The molecular weight excluding hydrogens is 410 g/mol. The van der Waals surface area contributed by atoms with Crippen LogP contribution in [0.15, 0.2) is 42.5 Å². The highest BCUT2D eigenvalue weighted by Gasteiger charge is 2.14. The Morgan fingerprint density at radius 2 is 1.78 bits per heavy atom. The number of aromatic nitrogens is 1. The van der Waals surface area contributed by atoms with Crippen LogP contribution in [0.25, 0.3) is 10.9 Å². The molecule has 0 atom stereocenters. The van der Waals surface area contributed by atoms with E-state index in [1.807, 2.05) is 37.3 Å². The number of aryl methyl sites for hydroxylation is 1. The molecule has 0 saturated carbocycles. The third-order valence-corrected chi connectivity index (χ3v) is 4.99. The van der Waals surface area contributed by atoms with Gasteiger partial charge in [0.15, 0.2) is 18.1 Å². The summed E-state index contributed by atoms with van der Waals surface area (Å²) in [6, 6.07) is 12.7. The lowest BCUT2D eigenvalue weighted by Crippen LogP contribution is -2.27. The Morgan fingerprint density at radius 3 is 2.47 bits per heavy atom. The number of hydrogen-bond donors (Lipinski definition) is 1. The maximum absolute atomic E-state index is 12.8. The predicted octanol–water partition coefficient (Wildman–Crippen LogP) is 2.96. The van der Waals surface area contributed by atoms with Gasteiger partial charge in [0.25, 0.3) is 11.8 Å². The van der Waals surface area contributed by atoms with E-state index in [0.29, 0.717) is 35.1 Å². The van der Waals surface area contributed by atoms with Gasteiger partial charge in [-0.05, 0) is 48.9 Å². The zero-order chi connectivity index (χ0) is 23.3. The molecule has 0 aliphatic heterocycles. The van der Waals surface area contributed by atoms with Crippen molar-refractivity contribution in [3.05, 3.63) is 59.3 Å². The number of methoxy groups -OCH3 is 2. The number of nitrogens with one attached hydrogen (secondary N) is 1. The maximum Gasteiger partial charge on any atom is 0.259 e. The SMILES string of the molecule is COc1ccc2nc(C)c(C(=O)NCc3ccc(OCC(=O)N(C)C)c(OC)c3)cc2c1. The molecule has 1 N–H and O–H groups in total. The van der Waals surface area contributed by atoms with E-state index >= 15 is 0 Å². The zero-order valence-electron chi connectivity index (χ0n) is 18.9. The van der Waals surface area contributed by atoms with Crippen molar-refractivity contribution in [3.8, 4) is 17.2 Å². The molecular formula is C24H27N3O5. The number of hydrogen-bond acceptors (Lipinski definition) is 6. The van der Waals surface area contributed by atoms with E-state index in [1.165, 1.54) is 12.0 Å². The van der Waals surface area contributed by atoms with Crippen molar-refractivity contribution < 1.29 is 23.8 Å². The van der Waals surface area contributed by atoms with Crippen LogP contribution in [0.3, 0.4) is 0 Å². The molecule has 0 bridgehead atoms. The number of likely N-dealkylation sites (N-methyl/N-ethyl adjacent to an activating group) is 1. The van der Waals surface area contributed by atoms with Crippen molar-refractivity contribution in [2.45, 2.75) is 13.5 Å². The molecule has 0 fully saturated rings. The molecule has 32 heavy (non-hydrogen) atoms. The lowest BCUT2D eigenvalue weighted by Gasteiger charge is -2.15. The molecule has 8 heteroatoms. The molecule has 1 aromatic heterocycles. The Bertz CT molecular complexity index is 1140. The first-order valence-corrected chi connectivity index (χ1v) is 10.1. The van der Waals surface area contributed by atoms with E-state index in [4.69, 9.17) is 14.2 Å². The summed E-state index contributed by atoms with van der Waals surface area (Å²) in [7, 11) is 6.45. The summed E-state index contributed by atoms with van der Waals surface area (Å²) in [5.41, 5.74) is 2.77. The summed E-state index contributed by atoms with van der Waals surface area (Å²) in [6.07, 6.45) is 0. The van der Waals surface area contributed by atoms with Crippen molar-refractivity contribution in [2.24, 2.45) is 0 Å². The summed E-state index contributed by atoms with van der Waals surface area (Å²) < 4.78 is 16.2. The van der Waals surface area contributed by atoms with Crippen molar-refractivity contribution in [3.63, 3.8) is 0 Å². The molecule has 3 aromatic rings. The van der Waals surface area contributed by atoms with Gasteiger partial charge >= 0.3 is 0 Å². The fraction of sp³-hybridized carbons (Fsp3) is 0.292. The molecule has 0 saturated heterocycles. The summed E-state index contributed by atoms with van der Waals surface area (Å²) >= 11 is 0. The summed E-state index contributed by atoms with van der Waals surface area (Å²) in [6.45, 7) is 2.02. The van der Waals surface area contributed by atoms with Gasteiger partial charge in [-0.25, -0.2) is 0 Å². The van der Waals surface area contributed by atoms with Crippen LogP contribution in [-0.4, -0.2) is 56.6 Å². The molecule has 0 aliphatic carbocycles. The van der Waals surface area contributed by atoms with Crippen molar-refractivity contribution in [1.29, 1.82) is 0 Å². The van der Waals surface area contributed by atoms with Gasteiger partial charge in [0.1, 0.15) is 5.75 Å². The minimum atomic E-state index is -0.226. The van der Waals surface area contributed by atoms with Crippen LogP contribution in [0.1, 0.15) is 21.6 Å². The first kappa shape index (κ1) is 22.9. The minimum Gasteiger partial charge on any atom is -0.497 e. The van der Waals surface area contributed by atoms with Crippen LogP contribution in [0.2, 0.25) is 0 Å². The average molecular weight is 437 g/mol. The van der Waals surface area contributed by atoms with Crippen LogP contribution in [0.4, 0.5) is 0 Å². The number of nitrogens with zero attached hydrogens (tertiary/aromatic N) is 2. The van der Waals surface area contributed by atoms with E-state index in [2.05, 4.69) is 10.3 Å². The summed E-state index contributed by atoms with van der Waals surface area (Å²) in [5.74, 6) is 1.27. The Balaban J connectivity index is 1.71. The molecule has 0 aliphatic rings. The van der Waals surface area contributed by atoms with Gasteiger partial charge in [-0.1, -0.05) is 6.07 Å². The number of carbonyl (C=O) groups excluding carboxylic acids is 2. The molecule has 168 valence electrons. The van der Waals surface area contributed by atoms with Gasteiger partial charge in [0.2, 0.25) is 0 Å². The normalized spacial score (nSPS) is 10.5. The lowest BCUT2D eigenvalue weighted by molar-refractivity contribution is -0.130. The number of carbonyl (C=O) groups is 2. The highest BCUT2D eigenvalue weighted by molar-refractivity contribution is 5.98. The molecule has 8 nitrogen and oxygen atoms in total. The van der Waals surface area contributed by atoms with Crippen molar-refractivity contribution in [1.82, 2.24) is 15.2 Å². The largest absolute Gasteiger partial charge is 0.497 e. The third-order valence-electron chi connectivity index (χ3n) is 4.99. The fourth-order valence-electron chi connectivity index (χ4n) is 3.10. The number of pyridine rings is 1. The minimum absolute atomic E-state index is 0.0849. The molecule has 2 aromatic carbocycles. The fourth-order valence-corrected chi connectivity index (χ4v) is 3.10. The Morgan fingerprint density at radius 1 is 1.00 bits per heavy atom.